The Balaban J connectivity index is 2.86. The molecule has 0 unspecified atom stereocenters. The van der Waals surface area contributed by atoms with E-state index in [4.69, 9.17) is 0 Å². The van der Waals surface area contributed by atoms with Crippen molar-refractivity contribution in [3.05, 3.63) is 0 Å². The monoisotopic (exact) mass is 262 g/mol. The van der Waals surface area contributed by atoms with Crippen molar-refractivity contribution in [1.82, 2.24) is 9.80 Å². The number of piperazine rings is 1. The van der Waals surface area contributed by atoms with Crippen LogP contribution in [0, 0.1) is 0 Å². The van der Waals surface area contributed by atoms with Gasteiger partial charge in [-0.25, -0.2) is 0 Å². The Bertz CT molecular complexity index is 258. The number of carbonyl (C=O) groups is 2. The highest BCUT2D eigenvalue weighted by molar-refractivity contribution is 8.01. The summed E-state index contributed by atoms with van der Waals surface area (Å²) < 4.78 is 0. The minimum absolute atomic E-state index is 0.0277. The molecule has 0 saturated carbocycles. The largest absolute Gasteiger partial charge is 0.323 e. The average Bonchev–Trinajstić information content (AvgIpc) is 2.28. The quantitative estimate of drug-likeness (QED) is 0.760. The minimum Gasteiger partial charge on any atom is -0.323 e. The van der Waals surface area contributed by atoms with Gasteiger partial charge in [-0.1, -0.05) is 13.8 Å². The van der Waals surface area contributed by atoms with Crippen LogP contribution in [0.1, 0.15) is 13.8 Å². The third kappa shape index (κ3) is 2.48. The topological polar surface area (TPSA) is 40.6 Å². The second-order valence-electron chi connectivity index (χ2n) is 3.51. The van der Waals surface area contributed by atoms with Gasteiger partial charge in [-0.05, 0) is 11.5 Å². The number of amides is 2. The Morgan fingerprint density at radius 2 is 1.25 bits per heavy atom. The number of hydrogen-bond acceptors (Lipinski definition) is 4. The highest BCUT2D eigenvalue weighted by Crippen LogP contribution is 2.28. The molecule has 0 aromatic heterocycles. The van der Waals surface area contributed by atoms with Gasteiger partial charge in [-0.3, -0.25) is 9.59 Å². The van der Waals surface area contributed by atoms with Gasteiger partial charge in [0.1, 0.15) is 0 Å². The first-order valence-corrected chi connectivity index (χ1v) is 7.40. The highest BCUT2D eigenvalue weighted by Gasteiger charge is 2.42. The van der Waals surface area contributed by atoms with Crippen LogP contribution in [0.15, 0.2) is 0 Å². The molecule has 0 bridgehead atoms. The van der Waals surface area contributed by atoms with Gasteiger partial charge in [0.25, 0.3) is 11.8 Å². The van der Waals surface area contributed by atoms with E-state index in [1.54, 1.807) is 23.9 Å². The highest BCUT2D eigenvalue weighted by atomic mass is 32.2. The number of carbonyl (C=O) groups excluding carboxylic acids is 2. The third-order valence-corrected chi connectivity index (χ3v) is 4.80. The van der Waals surface area contributed by atoms with Crippen molar-refractivity contribution in [1.29, 1.82) is 0 Å². The molecule has 0 aromatic rings. The molecule has 1 heterocycles. The van der Waals surface area contributed by atoms with Crippen LogP contribution in [0.5, 0.6) is 0 Å². The van der Waals surface area contributed by atoms with Crippen LogP contribution >= 0.6 is 23.5 Å². The van der Waals surface area contributed by atoms with E-state index in [1.165, 1.54) is 23.5 Å². The maximum Gasteiger partial charge on any atom is 0.256 e. The number of likely N-dealkylation sites (N-methyl/N-ethyl adjacent to an activating group) is 2. The van der Waals surface area contributed by atoms with Crippen molar-refractivity contribution in [3.8, 4) is 0 Å². The van der Waals surface area contributed by atoms with Crippen molar-refractivity contribution in [2.75, 3.05) is 25.6 Å². The van der Waals surface area contributed by atoms with E-state index in [1.807, 2.05) is 13.8 Å². The molecule has 1 aliphatic rings. The first-order chi connectivity index (χ1) is 7.54. The van der Waals surface area contributed by atoms with Crippen LogP contribution < -0.4 is 0 Å². The standard InChI is InChI=1S/C10H18N2O2S2/c1-5-15-9-7(13)12(4)10(16-6-2)8(14)11(9)3/h9-10H,5-6H2,1-4H3/t9-,10-/m1/s1. The molecule has 16 heavy (non-hydrogen) atoms. The van der Waals surface area contributed by atoms with Gasteiger partial charge in [-0.2, -0.15) is 0 Å². The van der Waals surface area contributed by atoms with Gasteiger partial charge in [0.15, 0.2) is 10.7 Å². The molecule has 1 aliphatic heterocycles. The molecule has 1 saturated heterocycles. The molecule has 2 amide bonds. The fraction of sp³-hybridized carbons (Fsp3) is 0.800. The summed E-state index contributed by atoms with van der Waals surface area (Å²) in [5, 5.41) is -0.701. The van der Waals surface area contributed by atoms with E-state index in [0.29, 0.717) is 0 Å². The fourth-order valence-corrected chi connectivity index (χ4v) is 3.50. The molecule has 0 spiro atoms. The second-order valence-corrected chi connectivity index (χ2v) is 6.23. The Morgan fingerprint density at radius 1 is 0.938 bits per heavy atom. The molecule has 0 aliphatic carbocycles. The Hall–Kier alpha value is -0.360. The lowest BCUT2D eigenvalue weighted by atomic mass is 10.3. The number of nitrogens with zero attached hydrogens (tertiary/aromatic N) is 2. The third-order valence-electron chi connectivity index (χ3n) is 2.47. The second kappa shape index (κ2) is 5.82. The van der Waals surface area contributed by atoms with Crippen molar-refractivity contribution >= 4 is 35.3 Å². The number of thioether (sulfide) groups is 2. The lowest BCUT2D eigenvalue weighted by molar-refractivity contribution is -0.150. The molecule has 1 rings (SSSR count). The van der Waals surface area contributed by atoms with Crippen molar-refractivity contribution in [3.63, 3.8) is 0 Å². The predicted molar refractivity (Wildman–Crippen MR) is 69.4 cm³/mol. The first kappa shape index (κ1) is 13.7. The van der Waals surface area contributed by atoms with Gasteiger partial charge < -0.3 is 9.80 Å². The first-order valence-electron chi connectivity index (χ1n) is 5.31. The summed E-state index contributed by atoms with van der Waals surface area (Å²) in [5.41, 5.74) is 0. The van der Waals surface area contributed by atoms with E-state index in [9.17, 15) is 9.59 Å². The zero-order chi connectivity index (χ0) is 12.3. The van der Waals surface area contributed by atoms with Gasteiger partial charge in [-0.15, -0.1) is 23.5 Å². The zero-order valence-corrected chi connectivity index (χ0v) is 11.7. The maximum absolute atomic E-state index is 12.1. The van der Waals surface area contributed by atoms with E-state index in [2.05, 4.69) is 0 Å². The number of rotatable bonds is 4. The van der Waals surface area contributed by atoms with Crippen LogP contribution in [0.25, 0.3) is 0 Å². The molecular weight excluding hydrogens is 244 g/mol. The Morgan fingerprint density at radius 3 is 1.50 bits per heavy atom. The minimum atomic E-state index is -0.351. The molecule has 0 N–H and O–H groups in total. The molecule has 1 fully saturated rings. The van der Waals surface area contributed by atoms with E-state index in [-0.39, 0.29) is 22.6 Å². The Kier molecular flexibility index (Phi) is 4.98. The van der Waals surface area contributed by atoms with Crippen LogP contribution in [0.2, 0.25) is 0 Å². The van der Waals surface area contributed by atoms with E-state index < -0.39 is 0 Å². The Labute approximate surface area is 105 Å². The summed E-state index contributed by atoms with van der Waals surface area (Å²) in [7, 11) is 3.42. The molecule has 0 radical (unpaired) electrons. The summed E-state index contributed by atoms with van der Waals surface area (Å²) >= 11 is 3.00. The lowest BCUT2D eigenvalue weighted by Crippen LogP contribution is -2.60. The van der Waals surface area contributed by atoms with Crippen LogP contribution in [0.3, 0.4) is 0 Å². The van der Waals surface area contributed by atoms with Gasteiger partial charge >= 0.3 is 0 Å². The SMILES string of the molecule is CCS[C@@H]1C(=O)N(C)[C@H](SCC)C(=O)N1C. The van der Waals surface area contributed by atoms with Crippen molar-refractivity contribution in [2.45, 2.75) is 24.6 Å². The van der Waals surface area contributed by atoms with E-state index in [0.717, 1.165) is 11.5 Å². The number of hydrogen-bond donors (Lipinski definition) is 0. The molecule has 2 atom stereocenters. The summed E-state index contributed by atoms with van der Waals surface area (Å²) in [6.07, 6.45) is 0. The fourth-order valence-electron chi connectivity index (χ4n) is 1.59. The van der Waals surface area contributed by atoms with Crippen LogP contribution in [-0.2, 0) is 9.59 Å². The van der Waals surface area contributed by atoms with Gasteiger partial charge in [0, 0.05) is 14.1 Å². The normalized spacial score (nSPS) is 26.5. The average molecular weight is 262 g/mol. The summed E-state index contributed by atoms with van der Waals surface area (Å²) in [4.78, 5) is 27.3. The lowest BCUT2D eigenvalue weighted by Gasteiger charge is -2.40. The molecule has 6 heteroatoms. The summed E-state index contributed by atoms with van der Waals surface area (Å²) in [6.45, 7) is 3.98. The van der Waals surface area contributed by atoms with E-state index >= 15 is 0 Å². The van der Waals surface area contributed by atoms with Gasteiger partial charge in [0.05, 0.1) is 0 Å². The van der Waals surface area contributed by atoms with Crippen LogP contribution in [-0.4, -0.2) is 58.0 Å². The van der Waals surface area contributed by atoms with Gasteiger partial charge in [0.2, 0.25) is 0 Å². The summed E-state index contributed by atoms with van der Waals surface area (Å²) in [5.74, 6) is 1.71. The molecule has 4 nitrogen and oxygen atoms in total. The van der Waals surface area contributed by atoms with Crippen molar-refractivity contribution < 1.29 is 9.59 Å². The van der Waals surface area contributed by atoms with Crippen LogP contribution in [0.4, 0.5) is 0 Å². The molecule has 0 aromatic carbocycles. The zero-order valence-electron chi connectivity index (χ0n) is 10.1. The molecular formula is C10H18N2O2S2. The maximum atomic E-state index is 12.1. The smallest absolute Gasteiger partial charge is 0.256 e. The molecule has 92 valence electrons. The van der Waals surface area contributed by atoms with Crippen molar-refractivity contribution in [2.24, 2.45) is 0 Å². The summed E-state index contributed by atoms with van der Waals surface area (Å²) in [6, 6.07) is 0. The predicted octanol–water partition coefficient (Wildman–Crippen LogP) is 1.08.